The minimum Gasteiger partial charge on any atom is -0.497 e. The quantitative estimate of drug-likeness (QED) is 0.389. The number of rotatable bonds is 10. The van der Waals surface area contributed by atoms with Crippen molar-refractivity contribution >= 4 is 39.1 Å². The number of nitrogens with one attached hydrogen (secondary N) is 1. The maximum Gasteiger partial charge on any atom is 0.269 e. The van der Waals surface area contributed by atoms with Crippen LogP contribution in [-0.2, 0) is 30.9 Å². The van der Waals surface area contributed by atoms with Gasteiger partial charge in [-0.2, -0.15) is 0 Å². The molecule has 2 aromatic carbocycles. The Morgan fingerprint density at radius 3 is 2.70 bits per heavy atom. The van der Waals surface area contributed by atoms with Gasteiger partial charge in [-0.05, 0) is 54.1 Å². The molecule has 2 aliphatic rings. The summed E-state index contributed by atoms with van der Waals surface area (Å²) in [6, 6.07) is 15.2. The van der Waals surface area contributed by atoms with Gasteiger partial charge in [-0.15, -0.1) is 11.3 Å². The molecule has 2 atom stereocenters. The lowest BCUT2D eigenvalue weighted by molar-refractivity contribution is -0.141. The van der Waals surface area contributed by atoms with Crippen molar-refractivity contribution < 1.29 is 32.3 Å². The van der Waals surface area contributed by atoms with Crippen LogP contribution in [0.15, 0.2) is 70.9 Å². The van der Waals surface area contributed by atoms with Crippen molar-refractivity contribution in [3.05, 3.63) is 82.0 Å². The van der Waals surface area contributed by atoms with E-state index in [2.05, 4.69) is 5.32 Å². The predicted molar refractivity (Wildman–Crippen MR) is 147 cm³/mol. The Labute approximate surface area is 236 Å². The van der Waals surface area contributed by atoms with Crippen molar-refractivity contribution in [1.29, 1.82) is 0 Å². The van der Waals surface area contributed by atoms with Gasteiger partial charge in [-0.3, -0.25) is 14.4 Å². The average molecular weight is 584 g/mol. The molecule has 5 rings (SSSR count). The zero-order valence-electron chi connectivity index (χ0n) is 21.8. The van der Waals surface area contributed by atoms with Crippen molar-refractivity contribution in [2.75, 3.05) is 26.8 Å². The van der Waals surface area contributed by atoms with Gasteiger partial charge in [-0.1, -0.05) is 30.3 Å². The molecule has 3 amide bonds. The molecule has 12 heteroatoms. The molecule has 0 radical (unpaired) electrons. The molecular formula is C28H29N3O7S2. The molecule has 10 nitrogen and oxygen atoms in total. The summed E-state index contributed by atoms with van der Waals surface area (Å²) in [7, 11) is -2.73. The van der Waals surface area contributed by atoms with Gasteiger partial charge < -0.3 is 19.7 Å². The molecule has 1 N–H and O–H groups in total. The van der Waals surface area contributed by atoms with E-state index in [-0.39, 0.29) is 29.7 Å². The molecule has 3 aromatic rings. The van der Waals surface area contributed by atoms with E-state index in [1.807, 2.05) is 17.5 Å². The number of thiophene rings is 1. The first kappa shape index (κ1) is 27.8. The molecule has 2 aliphatic heterocycles. The van der Waals surface area contributed by atoms with Gasteiger partial charge in [-0.25, -0.2) is 12.7 Å². The maximum absolute atomic E-state index is 14.0. The lowest BCUT2D eigenvalue weighted by atomic mass is 10.0. The number of nitrogens with zero attached hydrogens (tertiary/aromatic N) is 2. The number of hydrogen-bond acceptors (Lipinski definition) is 8. The summed E-state index contributed by atoms with van der Waals surface area (Å²) in [5, 5.41) is 4.76. The van der Waals surface area contributed by atoms with E-state index in [1.54, 1.807) is 30.3 Å². The third-order valence-corrected chi connectivity index (χ3v) is 9.56. The first-order valence-electron chi connectivity index (χ1n) is 12.8. The Bertz CT molecular complexity index is 1500. The Balaban J connectivity index is 1.50. The van der Waals surface area contributed by atoms with Crippen molar-refractivity contribution in [3.63, 3.8) is 0 Å². The molecule has 1 saturated heterocycles. The third-order valence-electron chi connectivity index (χ3n) is 6.92. The molecule has 1 fully saturated rings. The van der Waals surface area contributed by atoms with E-state index in [0.29, 0.717) is 22.2 Å². The minimum absolute atomic E-state index is 0.0127. The molecule has 0 spiro atoms. The number of fused-ring (bicyclic) bond motifs is 1. The van der Waals surface area contributed by atoms with Gasteiger partial charge in [0.1, 0.15) is 23.2 Å². The van der Waals surface area contributed by atoms with Gasteiger partial charge >= 0.3 is 0 Å². The lowest BCUT2D eigenvalue weighted by Gasteiger charge is -2.32. The van der Waals surface area contributed by atoms with E-state index in [0.717, 1.165) is 17.7 Å². The monoisotopic (exact) mass is 583 g/mol. The Morgan fingerprint density at radius 2 is 2.00 bits per heavy atom. The highest BCUT2D eigenvalue weighted by Gasteiger charge is 2.43. The highest BCUT2D eigenvalue weighted by atomic mass is 32.2. The van der Waals surface area contributed by atoms with Gasteiger partial charge in [0.15, 0.2) is 0 Å². The van der Waals surface area contributed by atoms with Crippen LogP contribution >= 0.6 is 11.3 Å². The molecule has 210 valence electrons. The highest BCUT2D eigenvalue weighted by Crippen LogP contribution is 2.32. The molecule has 0 aliphatic carbocycles. The zero-order chi connectivity index (χ0) is 28.3. The van der Waals surface area contributed by atoms with E-state index >= 15 is 0 Å². The van der Waals surface area contributed by atoms with Crippen molar-refractivity contribution in [3.8, 4) is 5.75 Å². The fourth-order valence-corrected chi connectivity index (χ4v) is 7.12. The number of methoxy groups -OCH3 is 1. The van der Waals surface area contributed by atoms with E-state index in [9.17, 15) is 22.8 Å². The lowest BCUT2D eigenvalue weighted by Crippen LogP contribution is -2.48. The SMILES string of the molecule is COc1cccc([C@H](C(=O)NC[C@@H]2CCCO2)N(Cc2cccs2)C(=O)CN2C(=O)c3ccccc3S2(=O)=O)c1. The Morgan fingerprint density at radius 1 is 1.18 bits per heavy atom. The molecule has 40 heavy (non-hydrogen) atoms. The normalized spacial score (nSPS) is 18.3. The smallest absolute Gasteiger partial charge is 0.269 e. The number of benzene rings is 2. The van der Waals surface area contributed by atoms with Crippen LogP contribution in [0.25, 0.3) is 0 Å². The molecule has 1 aromatic heterocycles. The topological polar surface area (TPSA) is 122 Å². The van der Waals surface area contributed by atoms with Crippen molar-refractivity contribution in [1.82, 2.24) is 14.5 Å². The number of amides is 3. The number of ether oxygens (including phenoxy) is 2. The number of hydrogen-bond donors (Lipinski definition) is 1. The summed E-state index contributed by atoms with van der Waals surface area (Å²) in [5.41, 5.74) is 0.492. The standard InChI is InChI=1S/C28H29N3O7S2/c1-37-20-8-4-7-19(15-20)26(27(33)29-16-21-9-5-13-38-21)30(17-22-10-6-14-39-22)25(32)18-31-28(34)23-11-2-3-12-24(23)40(31,35)36/h2-4,6-8,10-12,14-15,21,26H,5,9,13,16-18H2,1H3,(H,29,33)/t21-,26+/m0/s1. The van der Waals surface area contributed by atoms with Gasteiger partial charge in [0.25, 0.3) is 15.9 Å². The summed E-state index contributed by atoms with van der Waals surface area (Å²) in [5.74, 6) is -1.43. The molecule has 3 heterocycles. The van der Waals surface area contributed by atoms with E-state index in [4.69, 9.17) is 9.47 Å². The summed E-state index contributed by atoms with van der Waals surface area (Å²) in [6.07, 6.45) is 1.60. The van der Waals surface area contributed by atoms with E-state index < -0.39 is 40.3 Å². The van der Waals surface area contributed by atoms with Crippen LogP contribution in [0, 0.1) is 0 Å². The molecule has 0 bridgehead atoms. The van der Waals surface area contributed by atoms with E-state index in [1.165, 1.54) is 41.5 Å². The van der Waals surface area contributed by atoms with Gasteiger partial charge in [0.2, 0.25) is 11.8 Å². The summed E-state index contributed by atoms with van der Waals surface area (Å²) < 4.78 is 38.0. The van der Waals surface area contributed by atoms with Crippen LogP contribution < -0.4 is 10.1 Å². The number of sulfonamides is 1. The summed E-state index contributed by atoms with van der Waals surface area (Å²) in [6.45, 7) is 0.180. The second-order valence-electron chi connectivity index (χ2n) is 9.47. The zero-order valence-corrected chi connectivity index (χ0v) is 23.4. The summed E-state index contributed by atoms with van der Waals surface area (Å²) in [4.78, 5) is 42.8. The number of carbonyl (C=O) groups excluding carboxylic acids is 3. The van der Waals surface area contributed by atoms with Crippen LogP contribution in [0.5, 0.6) is 5.75 Å². The molecule has 0 saturated carbocycles. The molecular weight excluding hydrogens is 554 g/mol. The predicted octanol–water partition coefficient (Wildman–Crippen LogP) is 2.97. The second-order valence-corrected chi connectivity index (χ2v) is 12.3. The van der Waals surface area contributed by atoms with Crippen LogP contribution in [-0.4, -0.2) is 68.3 Å². The minimum atomic E-state index is -4.23. The second kappa shape index (κ2) is 11.8. The first-order chi connectivity index (χ1) is 19.3. The van der Waals surface area contributed by atoms with Crippen molar-refractivity contribution in [2.45, 2.75) is 36.4 Å². The van der Waals surface area contributed by atoms with Crippen LogP contribution in [0.2, 0.25) is 0 Å². The number of carbonyl (C=O) groups is 3. The van der Waals surface area contributed by atoms with Crippen LogP contribution in [0.4, 0.5) is 0 Å². The van der Waals surface area contributed by atoms with Crippen LogP contribution in [0.3, 0.4) is 0 Å². The first-order valence-corrected chi connectivity index (χ1v) is 15.1. The molecule has 0 unspecified atom stereocenters. The average Bonchev–Trinajstić information content (AvgIpc) is 3.71. The Hall–Kier alpha value is -3.74. The Kier molecular flexibility index (Phi) is 8.19. The van der Waals surface area contributed by atoms with Crippen molar-refractivity contribution in [2.24, 2.45) is 0 Å². The van der Waals surface area contributed by atoms with Gasteiger partial charge in [0, 0.05) is 18.0 Å². The third kappa shape index (κ3) is 5.60. The fourth-order valence-electron chi connectivity index (χ4n) is 4.90. The summed E-state index contributed by atoms with van der Waals surface area (Å²) >= 11 is 1.40. The largest absolute Gasteiger partial charge is 0.497 e. The maximum atomic E-state index is 14.0. The fraction of sp³-hybridized carbons (Fsp3) is 0.321. The highest BCUT2D eigenvalue weighted by molar-refractivity contribution is 7.90. The van der Waals surface area contributed by atoms with Gasteiger partial charge in [0.05, 0.1) is 25.3 Å². The van der Waals surface area contributed by atoms with Crippen LogP contribution in [0.1, 0.15) is 39.7 Å².